The molecule has 0 aliphatic heterocycles. The number of halogens is 4. The number of carbonyl (C=O) groups excluding carboxylic acids is 1. The molecule has 3 heterocycles. The molecule has 0 saturated heterocycles. The summed E-state index contributed by atoms with van der Waals surface area (Å²) < 4.78 is 65.1. The second kappa shape index (κ2) is 8.20. The predicted molar refractivity (Wildman–Crippen MR) is 118 cm³/mol. The molecule has 0 fully saturated rings. The molecular weight excluding hydrogens is 486 g/mol. The number of fused-ring (bicyclic) bond motifs is 1. The lowest BCUT2D eigenvalue weighted by Crippen LogP contribution is -2.18. The van der Waals surface area contributed by atoms with Crippen LogP contribution in [0.1, 0.15) is 22.0 Å². The summed E-state index contributed by atoms with van der Waals surface area (Å²) in [6.45, 7) is -0.552. The highest BCUT2D eigenvalue weighted by molar-refractivity contribution is 6.00. The van der Waals surface area contributed by atoms with Crippen molar-refractivity contribution in [2.75, 3.05) is 5.73 Å². The number of aromatic nitrogens is 5. The number of benzene rings is 2. The summed E-state index contributed by atoms with van der Waals surface area (Å²) in [5, 5.41) is 16.9. The second-order valence-electron chi connectivity index (χ2n) is 7.60. The van der Waals surface area contributed by atoms with E-state index in [-0.39, 0.29) is 34.0 Å². The lowest BCUT2D eigenvalue weighted by Gasteiger charge is -2.13. The van der Waals surface area contributed by atoms with Crippen LogP contribution in [0.15, 0.2) is 53.3 Å². The van der Waals surface area contributed by atoms with Crippen molar-refractivity contribution in [1.29, 1.82) is 0 Å². The van der Waals surface area contributed by atoms with E-state index in [1.54, 1.807) is 0 Å². The van der Waals surface area contributed by atoms with Crippen LogP contribution >= 0.6 is 0 Å². The Labute approximate surface area is 198 Å². The van der Waals surface area contributed by atoms with Gasteiger partial charge in [-0.15, -0.1) is 0 Å². The molecule has 0 atom stereocenters. The molecule has 0 spiro atoms. The number of aliphatic hydroxyl groups is 1. The van der Waals surface area contributed by atoms with E-state index >= 15 is 4.39 Å². The average molecular weight is 501 g/mol. The van der Waals surface area contributed by atoms with Gasteiger partial charge in [-0.3, -0.25) is 9.36 Å². The number of aliphatic hydroxyl groups excluding tert-OH is 1. The minimum absolute atomic E-state index is 0.0170. The second-order valence-corrected chi connectivity index (χ2v) is 7.60. The molecule has 184 valence electrons. The van der Waals surface area contributed by atoms with Crippen molar-refractivity contribution in [2.24, 2.45) is 5.73 Å². The summed E-state index contributed by atoms with van der Waals surface area (Å²) in [6, 6.07) is 7.66. The third kappa shape index (κ3) is 3.54. The predicted octanol–water partition coefficient (Wildman–Crippen LogP) is 3.20. The van der Waals surface area contributed by atoms with E-state index in [0.717, 1.165) is 6.07 Å². The van der Waals surface area contributed by atoms with Crippen LogP contribution in [0, 0.1) is 5.82 Å². The molecular formula is C22H15F4N7O3. The Balaban J connectivity index is 1.82. The summed E-state index contributed by atoms with van der Waals surface area (Å²) in [7, 11) is 0. The molecule has 3 aromatic heterocycles. The fraction of sp³-hybridized carbons (Fsp3) is 0.0909. The first-order valence-electron chi connectivity index (χ1n) is 10.2. The summed E-state index contributed by atoms with van der Waals surface area (Å²) in [5.74, 6) is -2.38. The topological polar surface area (TPSA) is 151 Å². The van der Waals surface area contributed by atoms with E-state index in [0.29, 0.717) is 4.68 Å². The Hall–Kier alpha value is -4.72. The van der Waals surface area contributed by atoms with Crippen molar-refractivity contribution in [3.8, 4) is 22.5 Å². The molecule has 10 nitrogen and oxygen atoms in total. The number of hydrogen-bond donors (Lipinski definition) is 3. The molecule has 0 saturated carbocycles. The standard InChI is InChI=1S/C22H15F4N7O3/c23-17-11(2-1-3-13(17)32-7-6-29-15(32)9-34)16-18(21(28)35)33(30-19(16)22(24,25)26)10-4-5-14-12(8-10)20(27)31-36-14/h1-8,34H,9H2,(H2,27,31)(H2,28,35). The summed E-state index contributed by atoms with van der Waals surface area (Å²) in [6.07, 6.45) is -2.47. The first-order valence-corrected chi connectivity index (χ1v) is 10.2. The van der Waals surface area contributed by atoms with E-state index < -0.39 is 47.0 Å². The number of nitrogens with two attached hydrogens (primary N) is 2. The monoisotopic (exact) mass is 501 g/mol. The maximum absolute atomic E-state index is 15.8. The number of anilines is 1. The summed E-state index contributed by atoms with van der Waals surface area (Å²) >= 11 is 0. The van der Waals surface area contributed by atoms with E-state index in [1.807, 2.05) is 0 Å². The molecule has 0 unspecified atom stereocenters. The quantitative estimate of drug-likeness (QED) is 0.313. The third-order valence-corrected chi connectivity index (χ3v) is 5.48. The lowest BCUT2D eigenvalue weighted by molar-refractivity contribution is -0.140. The van der Waals surface area contributed by atoms with Gasteiger partial charge in [0.25, 0.3) is 5.91 Å². The number of carbonyl (C=O) groups is 1. The number of hydrogen-bond acceptors (Lipinski definition) is 7. The Morgan fingerprint density at radius 1 is 1.19 bits per heavy atom. The van der Waals surface area contributed by atoms with Gasteiger partial charge >= 0.3 is 6.18 Å². The molecule has 5 rings (SSSR count). The summed E-state index contributed by atoms with van der Waals surface area (Å²) in [5.41, 5.74) is 7.61. The van der Waals surface area contributed by atoms with Crippen LogP contribution in [0.25, 0.3) is 33.5 Å². The van der Waals surface area contributed by atoms with Crippen LogP contribution in [0.3, 0.4) is 0 Å². The number of alkyl halides is 3. The SMILES string of the molecule is NC(=O)c1c(-c2cccc(-n3ccnc3CO)c2F)c(C(F)(F)F)nn1-c1ccc2onc(N)c2c1. The van der Waals surface area contributed by atoms with Crippen LogP contribution < -0.4 is 11.5 Å². The van der Waals surface area contributed by atoms with Gasteiger partial charge in [0.15, 0.2) is 22.9 Å². The summed E-state index contributed by atoms with van der Waals surface area (Å²) in [4.78, 5) is 16.4. The average Bonchev–Trinajstić information content (AvgIpc) is 3.55. The highest BCUT2D eigenvalue weighted by Crippen LogP contribution is 2.41. The number of imidazole rings is 1. The molecule has 0 bridgehead atoms. The normalized spacial score (nSPS) is 11.9. The zero-order chi connectivity index (χ0) is 25.8. The van der Waals surface area contributed by atoms with Crippen molar-refractivity contribution >= 4 is 22.7 Å². The van der Waals surface area contributed by atoms with Crippen LogP contribution in [0.4, 0.5) is 23.4 Å². The van der Waals surface area contributed by atoms with Crippen LogP contribution in [-0.4, -0.2) is 35.5 Å². The number of nitrogen functional groups attached to an aromatic ring is 1. The maximum atomic E-state index is 15.8. The van der Waals surface area contributed by atoms with Crippen molar-refractivity contribution in [3.63, 3.8) is 0 Å². The molecule has 2 aromatic carbocycles. The first kappa shape index (κ1) is 23.0. The van der Waals surface area contributed by atoms with Gasteiger partial charge in [-0.2, -0.15) is 18.3 Å². The zero-order valence-corrected chi connectivity index (χ0v) is 18.0. The maximum Gasteiger partial charge on any atom is 0.435 e. The molecule has 14 heteroatoms. The largest absolute Gasteiger partial charge is 0.435 e. The number of amides is 1. The van der Waals surface area contributed by atoms with E-state index in [2.05, 4.69) is 15.2 Å². The molecule has 0 radical (unpaired) electrons. The molecule has 5 N–H and O–H groups in total. The molecule has 0 aliphatic rings. The van der Waals surface area contributed by atoms with Crippen molar-refractivity contribution in [3.05, 3.63) is 71.8 Å². The van der Waals surface area contributed by atoms with Gasteiger partial charge < -0.3 is 21.1 Å². The smallest absolute Gasteiger partial charge is 0.388 e. The third-order valence-electron chi connectivity index (χ3n) is 5.48. The number of rotatable bonds is 5. The molecule has 1 amide bonds. The first-order chi connectivity index (χ1) is 17.1. The van der Waals surface area contributed by atoms with E-state index in [4.69, 9.17) is 16.0 Å². The van der Waals surface area contributed by atoms with Gasteiger partial charge in [-0.25, -0.2) is 14.1 Å². The van der Waals surface area contributed by atoms with Gasteiger partial charge in [0.2, 0.25) is 0 Å². The fourth-order valence-corrected chi connectivity index (χ4v) is 3.93. The van der Waals surface area contributed by atoms with Crippen LogP contribution in [0.5, 0.6) is 0 Å². The van der Waals surface area contributed by atoms with Crippen LogP contribution in [-0.2, 0) is 12.8 Å². The zero-order valence-electron chi connectivity index (χ0n) is 18.0. The Morgan fingerprint density at radius 3 is 2.67 bits per heavy atom. The molecule has 36 heavy (non-hydrogen) atoms. The Kier molecular flexibility index (Phi) is 5.25. The number of primary amides is 1. The van der Waals surface area contributed by atoms with Gasteiger partial charge in [-0.05, 0) is 24.3 Å². The minimum atomic E-state index is -5.08. The van der Waals surface area contributed by atoms with Gasteiger partial charge in [0.05, 0.1) is 16.8 Å². The van der Waals surface area contributed by atoms with Crippen LogP contribution in [0.2, 0.25) is 0 Å². The highest BCUT2D eigenvalue weighted by Gasteiger charge is 2.42. The van der Waals surface area contributed by atoms with Gasteiger partial charge in [-0.1, -0.05) is 17.3 Å². The molecule has 5 aromatic rings. The van der Waals surface area contributed by atoms with Gasteiger partial charge in [0.1, 0.15) is 18.1 Å². The Bertz CT molecular complexity index is 1630. The highest BCUT2D eigenvalue weighted by atomic mass is 19.4. The van der Waals surface area contributed by atoms with Gasteiger partial charge in [0, 0.05) is 23.5 Å². The molecule has 0 aliphatic carbocycles. The lowest BCUT2D eigenvalue weighted by atomic mass is 10.0. The fourth-order valence-electron chi connectivity index (χ4n) is 3.93. The number of nitrogens with zero attached hydrogens (tertiary/aromatic N) is 5. The van der Waals surface area contributed by atoms with E-state index in [9.17, 15) is 23.1 Å². The minimum Gasteiger partial charge on any atom is -0.388 e. The van der Waals surface area contributed by atoms with Crippen molar-refractivity contribution in [2.45, 2.75) is 12.8 Å². The van der Waals surface area contributed by atoms with Crippen molar-refractivity contribution < 1.29 is 32.0 Å². The van der Waals surface area contributed by atoms with Crippen molar-refractivity contribution in [1.82, 2.24) is 24.5 Å². The van der Waals surface area contributed by atoms with E-state index in [1.165, 1.54) is 47.3 Å². The Morgan fingerprint density at radius 2 is 1.97 bits per heavy atom.